The first-order valence-corrected chi connectivity index (χ1v) is 7.27. The first-order chi connectivity index (χ1) is 9.99. The van der Waals surface area contributed by atoms with Gasteiger partial charge >= 0.3 is 5.97 Å². The van der Waals surface area contributed by atoms with E-state index in [4.69, 9.17) is 4.74 Å². The Hall–Kier alpha value is -2.04. The molecule has 1 aromatic rings. The summed E-state index contributed by atoms with van der Waals surface area (Å²) in [4.78, 5) is 25.4. The van der Waals surface area contributed by atoms with Gasteiger partial charge in [-0.1, -0.05) is 6.92 Å². The van der Waals surface area contributed by atoms with Crippen molar-refractivity contribution in [2.24, 2.45) is 0 Å². The number of carboxylic acids is 1. The van der Waals surface area contributed by atoms with Gasteiger partial charge in [0.05, 0.1) is 6.61 Å². The fourth-order valence-electron chi connectivity index (χ4n) is 2.58. The van der Waals surface area contributed by atoms with Gasteiger partial charge in [-0.2, -0.15) is 0 Å². The van der Waals surface area contributed by atoms with Crippen LogP contribution in [-0.2, 0) is 4.79 Å². The van der Waals surface area contributed by atoms with Crippen LogP contribution in [0.1, 0.15) is 43.5 Å². The molecule has 0 aliphatic carbocycles. The summed E-state index contributed by atoms with van der Waals surface area (Å²) in [5, 5.41) is 9.37. The summed E-state index contributed by atoms with van der Waals surface area (Å²) in [7, 11) is 0. The molecule has 1 heterocycles. The highest BCUT2D eigenvalue weighted by molar-refractivity contribution is 5.98. The number of likely N-dealkylation sites (tertiary alicyclic amines) is 1. The fraction of sp³-hybridized carbons (Fsp3) is 0.500. The summed E-state index contributed by atoms with van der Waals surface area (Å²) in [5.74, 6) is -0.466. The lowest BCUT2D eigenvalue weighted by Gasteiger charge is -2.31. The van der Waals surface area contributed by atoms with Crippen LogP contribution in [0.25, 0.3) is 0 Å². The van der Waals surface area contributed by atoms with E-state index in [2.05, 4.69) is 0 Å². The maximum Gasteiger partial charge on any atom is 0.329 e. The molecule has 0 saturated carbocycles. The van der Waals surface area contributed by atoms with E-state index >= 15 is 0 Å². The Morgan fingerprint density at radius 3 is 2.57 bits per heavy atom. The minimum absolute atomic E-state index is 0.237. The molecule has 1 aliphatic heterocycles. The molecule has 1 N–H and O–H groups in total. The van der Waals surface area contributed by atoms with Crippen LogP contribution < -0.4 is 4.74 Å². The van der Waals surface area contributed by atoms with Gasteiger partial charge in [-0.15, -0.1) is 0 Å². The number of aliphatic carboxylic acids is 1. The maximum atomic E-state index is 12.5. The van der Waals surface area contributed by atoms with Crippen molar-refractivity contribution in [1.82, 2.24) is 4.90 Å². The summed E-state index contributed by atoms with van der Waals surface area (Å²) in [6.45, 7) is 4.75. The summed E-state index contributed by atoms with van der Waals surface area (Å²) in [6.07, 6.45) is 2.13. The molecule has 21 heavy (non-hydrogen) atoms. The molecule has 0 radical (unpaired) electrons. The SMILES string of the molecule is CCCOc1ccc(C(=O)N2CCCC2(C)C(=O)O)cc1. The van der Waals surface area contributed by atoms with E-state index < -0.39 is 11.5 Å². The molecule has 0 bridgehead atoms. The van der Waals surface area contributed by atoms with Crippen molar-refractivity contribution in [1.29, 1.82) is 0 Å². The summed E-state index contributed by atoms with van der Waals surface area (Å²) >= 11 is 0. The van der Waals surface area contributed by atoms with Crippen LogP contribution in [-0.4, -0.2) is 40.6 Å². The summed E-state index contributed by atoms with van der Waals surface area (Å²) < 4.78 is 5.48. The average Bonchev–Trinajstić information content (AvgIpc) is 2.88. The number of amides is 1. The van der Waals surface area contributed by atoms with Crippen molar-refractivity contribution < 1.29 is 19.4 Å². The van der Waals surface area contributed by atoms with Crippen molar-refractivity contribution >= 4 is 11.9 Å². The van der Waals surface area contributed by atoms with Gasteiger partial charge in [-0.25, -0.2) is 4.79 Å². The smallest absolute Gasteiger partial charge is 0.329 e. The number of ether oxygens (including phenoxy) is 1. The molecule has 5 heteroatoms. The number of nitrogens with zero attached hydrogens (tertiary/aromatic N) is 1. The lowest BCUT2D eigenvalue weighted by molar-refractivity contribution is -0.147. The number of carbonyl (C=O) groups is 2. The Labute approximate surface area is 124 Å². The van der Waals surface area contributed by atoms with Gasteiger partial charge < -0.3 is 14.7 Å². The molecule has 0 aromatic heterocycles. The predicted molar refractivity (Wildman–Crippen MR) is 78.5 cm³/mol. The van der Waals surface area contributed by atoms with Crippen molar-refractivity contribution in [3.8, 4) is 5.75 Å². The van der Waals surface area contributed by atoms with E-state index in [1.807, 2.05) is 6.92 Å². The second kappa shape index (κ2) is 6.16. The van der Waals surface area contributed by atoms with Crippen LogP contribution in [0.3, 0.4) is 0 Å². The zero-order valence-electron chi connectivity index (χ0n) is 12.5. The average molecular weight is 291 g/mol. The molecule has 5 nitrogen and oxygen atoms in total. The topological polar surface area (TPSA) is 66.8 Å². The Bertz CT molecular complexity index is 526. The molecule has 1 fully saturated rings. The van der Waals surface area contributed by atoms with Crippen LogP contribution in [0.2, 0.25) is 0 Å². The molecule has 1 unspecified atom stereocenters. The van der Waals surface area contributed by atoms with Crippen molar-refractivity contribution in [3.63, 3.8) is 0 Å². The normalized spacial score (nSPS) is 21.3. The third-order valence-corrected chi connectivity index (χ3v) is 3.92. The number of carbonyl (C=O) groups excluding carboxylic acids is 1. The highest BCUT2D eigenvalue weighted by Crippen LogP contribution is 2.31. The fourth-order valence-corrected chi connectivity index (χ4v) is 2.58. The molecule has 1 aliphatic rings. The minimum Gasteiger partial charge on any atom is -0.494 e. The molecule has 1 amide bonds. The van der Waals surface area contributed by atoms with Crippen molar-refractivity contribution in [2.45, 2.75) is 38.6 Å². The highest BCUT2D eigenvalue weighted by Gasteiger charge is 2.46. The molecule has 1 aromatic carbocycles. The van der Waals surface area contributed by atoms with E-state index in [0.717, 1.165) is 12.2 Å². The summed E-state index contributed by atoms with van der Waals surface area (Å²) in [6, 6.07) is 6.87. The largest absolute Gasteiger partial charge is 0.494 e. The molecule has 0 spiro atoms. The Kier molecular flexibility index (Phi) is 4.50. The summed E-state index contributed by atoms with van der Waals surface area (Å²) in [5.41, 5.74) is -0.609. The third-order valence-electron chi connectivity index (χ3n) is 3.92. The van der Waals surface area contributed by atoms with Crippen LogP contribution in [0, 0.1) is 0 Å². The van der Waals surface area contributed by atoms with E-state index in [0.29, 0.717) is 31.6 Å². The van der Waals surface area contributed by atoms with Gasteiger partial charge in [0, 0.05) is 12.1 Å². The third kappa shape index (κ3) is 3.01. The first kappa shape index (κ1) is 15.4. The Morgan fingerprint density at radius 2 is 2.00 bits per heavy atom. The molecule has 114 valence electrons. The van der Waals surface area contributed by atoms with Gasteiger partial charge in [0.15, 0.2) is 0 Å². The zero-order valence-corrected chi connectivity index (χ0v) is 12.5. The highest BCUT2D eigenvalue weighted by atomic mass is 16.5. The molecular formula is C16H21NO4. The standard InChI is InChI=1S/C16H21NO4/c1-3-11-21-13-7-5-12(6-8-13)14(18)17-10-4-9-16(17,2)15(19)20/h5-8H,3-4,9-11H2,1-2H3,(H,19,20). The number of hydrogen-bond donors (Lipinski definition) is 1. The Balaban J connectivity index is 2.14. The lowest BCUT2D eigenvalue weighted by Crippen LogP contribution is -2.50. The zero-order chi connectivity index (χ0) is 15.5. The van der Waals surface area contributed by atoms with Crippen LogP contribution in [0.5, 0.6) is 5.75 Å². The van der Waals surface area contributed by atoms with Crippen LogP contribution in [0.15, 0.2) is 24.3 Å². The Morgan fingerprint density at radius 1 is 1.33 bits per heavy atom. The lowest BCUT2D eigenvalue weighted by atomic mass is 9.98. The van der Waals surface area contributed by atoms with E-state index in [1.165, 1.54) is 4.90 Å². The predicted octanol–water partition coefficient (Wildman–Crippen LogP) is 2.55. The van der Waals surface area contributed by atoms with Gasteiger partial charge in [0.1, 0.15) is 11.3 Å². The van der Waals surface area contributed by atoms with Crippen molar-refractivity contribution in [3.05, 3.63) is 29.8 Å². The van der Waals surface area contributed by atoms with Crippen molar-refractivity contribution in [2.75, 3.05) is 13.2 Å². The van der Waals surface area contributed by atoms with Gasteiger partial charge in [-0.05, 0) is 50.5 Å². The quantitative estimate of drug-likeness (QED) is 0.905. The number of carboxylic acid groups (broad SMARTS) is 1. The molecule has 2 rings (SSSR count). The van der Waals surface area contributed by atoms with Crippen LogP contribution >= 0.6 is 0 Å². The van der Waals surface area contributed by atoms with Gasteiger partial charge in [0.2, 0.25) is 0 Å². The van der Waals surface area contributed by atoms with Gasteiger partial charge in [-0.3, -0.25) is 4.79 Å². The number of rotatable bonds is 5. The second-order valence-corrected chi connectivity index (χ2v) is 5.51. The van der Waals surface area contributed by atoms with E-state index in [9.17, 15) is 14.7 Å². The van der Waals surface area contributed by atoms with Gasteiger partial charge in [0.25, 0.3) is 5.91 Å². The molecule has 1 atom stereocenters. The maximum absolute atomic E-state index is 12.5. The number of benzene rings is 1. The van der Waals surface area contributed by atoms with E-state index in [-0.39, 0.29) is 5.91 Å². The second-order valence-electron chi connectivity index (χ2n) is 5.51. The molecular weight excluding hydrogens is 270 g/mol. The molecule has 1 saturated heterocycles. The number of hydrogen-bond acceptors (Lipinski definition) is 3. The first-order valence-electron chi connectivity index (χ1n) is 7.27. The monoisotopic (exact) mass is 291 g/mol. The van der Waals surface area contributed by atoms with Crippen LogP contribution in [0.4, 0.5) is 0 Å². The van der Waals surface area contributed by atoms with E-state index in [1.54, 1.807) is 31.2 Å². The minimum atomic E-state index is -1.10.